The van der Waals surface area contributed by atoms with E-state index in [1.807, 2.05) is 6.92 Å². The summed E-state index contributed by atoms with van der Waals surface area (Å²) < 4.78 is 2.39. The summed E-state index contributed by atoms with van der Waals surface area (Å²) in [4.78, 5) is 0. The third-order valence-corrected chi connectivity index (χ3v) is 10.4. The van der Waals surface area contributed by atoms with Gasteiger partial charge in [-0.1, -0.05) is 140 Å². The van der Waals surface area contributed by atoms with E-state index in [1.165, 1.54) is 83.1 Å². The molecule has 0 unspecified atom stereocenters. The van der Waals surface area contributed by atoms with Crippen molar-refractivity contribution in [2.75, 3.05) is 6.54 Å². The fraction of sp³-hybridized carbons (Fsp3) is 0.0943. The number of dihydropyridines is 1. The van der Waals surface area contributed by atoms with Gasteiger partial charge in [-0.25, -0.2) is 0 Å². The summed E-state index contributed by atoms with van der Waals surface area (Å²) in [5.74, 6) is 0. The molecule has 55 heavy (non-hydrogen) atoms. The van der Waals surface area contributed by atoms with Crippen LogP contribution in [-0.4, -0.2) is 11.1 Å². The minimum Gasteiger partial charge on any atom is -0.381 e. The van der Waals surface area contributed by atoms with Gasteiger partial charge >= 0.3 is 0 Å². The predicted octanol–water partition coefficient (Wildman–Crippen LogP) is 14.2. The average Bonchev–Trinajstić information content (AvgIpc) is 3.59. The molecule has 2 heterocycles. The zero-order valence-corrected chi connectivity index (χ0v) is 31.8. The molecular weight excluding hydrogens is 665 g/mol. The Morgan fingerprint density at radius 1 is 0.545 bits per heavy atom. The van der Waals surface area contributed by atoms with Crippen LogP contribution in [-0.2, 0) is 0 Å². The standard InChI is InChI=1S/C48H36N2.C5H10/c1-33-24-25-38(32-45(33)46-21-9-10-26-49-46)35-15-11-16-36(27-35)40-28-39(34-13-3-2-4-14-34)29-41(30-40)37-17-12-18-42(31-37)50-47-22-7-5-19-43(47)44-20-6-8-23-48(44)50;1-3-5-4-2/h2-25,27-32,49H,26H2,1H3;3,5H,4H2,1-2H3. The van der Waals surface area contributed by atoms with E-state index in [4.69, 9.17) is 0 Å². The molecule has 268 valence electrons. The van der Waals surface area contributed by atoms with Gasteiger partial charge in [0.1, 0.15) is 0 Å². The van der Waals surface area contributed by atoms with Gasteiger partial charge in [-0.15, -0.1) is 0 Å². The third-order valence-electron chi connectivity index (χ3n) is 10.4. The first-order chi connectivity index (χ1) is 27.1. The number of nitrogens with zero attached hydrogens (tertiary/aromatic N) is 1. The molecule has 8 aromatic rings. The van der Waals surface area contributed by atoms with Crippen molar-refractivity contribution in [3.8, 4) is 50.2 Å². The quantitative estimate of drug-likeness (QED) is 0.163. The van der Waals surface area contributed by atoms with E-state index in [0.29, 0.717) is 0 Å². The van der Waals surface area contributed by atoms with Crippen molar-refractivity contribution < 1.29 is 0 Å². The lowest BCUT2D eigenvalue weighted by Gasteiger charge is -2.16. The maximum absolute atomic E-state index is 3.54. The molecule has 0 aliphatic carbocycles. The van der Waals surface area contributed by atoms with Crippen molar-refractivity contribution in [3.63, 3.8) is 0 Å². The van der Waals surface area contributed by atoms with Crippen LogP contribution in [0.4, 0.5) is 0 Å². The van der Waals surface area contributed by atoms with Crippen LogP contribution in [0, 0.1) is 6.92 Å². The lowest BCUT2D eigenvalue weighted by atomic mass is 9.91. The van der Waals surface area contributed by atoms with Gasteiger partial charge in [0, 0.05) is 34.3 Å². The van der Waals surface area contributed by atoms with Crippen LogP contribution in [0.5, 0.6) is 0 Å². The van der Waals surface area contributed by atoms with Gasteiger partial charge in [0.25, 0.3) is 0 Å². The van der Waals surface area contributed by atoms with E-state index in [9.17, 15) is 0 Å². The number of hydrogen-bond acceptors (Lipinski definition) is 1. The van der Waals surface area contributed by atoms with E-state index in [2.05, 4.69) is 218 Å². The van der Waals surface area contributed by atoms with Crippen molar-refractivity contribution in [1.29, 1.82) is 0 Å². The van der Waals surface area contributed by atoms with Gasteiger partial charge < -0.3 is 9.88 Å². The second kappa shape index (κ2) is 16.2. The first-order valence-corrected chi connectivity index (χ1v) is 19.3. The monoisotopic (exact) mass is 710 g/mol. The van der Waals surface area contributed by atoms with Gasteiger partial charge in [0.15, 0.2) is 0 Å². The molecule has 0 radical (unpaired) electrons. The van der Waals surface area contributed by atoms with Crippen LogP contribution < -0.4 is 5.32 Å². The highest BCUT2D eigenvalue weighted by atomic mass is 15.0. The number of para-hydroxylation sites is 2. The normalized spacial score (nSPS) is 12.4. The first kappa shape index (κ1) is 35.4. The van der Waals surface area contributed by atoms with Crippen LogP contribution in [0.25, 0.3) is 77.7 Å². The number of aromatic nitrogens is 1. The first-order valence-electron chi connectivity index (χ1n) is 19.3. The Hall–Kier alpha value is -6.64. The summed E-state index contributed by atoms with van der Waals surface area (Å²) in [6, 6.07) is 59.9. The summed E-state index contributed by atoms with van der Waals surface area (Å²) in [5, 5.41) is 6.08. The number of benzene rings is 7. The summed E-state index contributed by atoms with van der Waals surface area (Å²) in [5.41, 5.74) is 16.9. The predicted molar refractivity (Wildman–Crippen MR) is 237 cm³/mol. The number of rotatable bonds is 7. The molecule has 1 aromatic heterocycles. The fourth-order valence-corrected chi connectivity index (χ4v) is 7.63. The Labute approximate surface area is 325 Å². The number of nitrogens with one attached hydrogen (secondary N) is 1. The van der Waals surface area contributed by atoms with E-state index < -0.39 is 0 Å². The van der Waals surface area contributed by atoms with Crippen LogP contribution in [0.2, 0.25) is 0 Å². The topological polar surface area (TPSA) is 17.0 Å². The van der Waals surface area contributed by atoms with Crippen LogP contribution in [0.15, 0.2) is 194 Å². The molecule has 1 aliphatic heterocycles. The molecule has 1 aliphatic rings. The minimum absolute atomic E-state index is 0.854. The third kappa shape index (κ3) is 7.45. The van der Waals surface area contributed by atoms with Crippen LogP contribution in [0.3, 0.4) is 0 Å². The van der Waals surface area contributed by atoms with E-state index >= 15 is 0 Å². The van der Waals surface area contributed by atoms with Crippen molar-refractivity contribution in [3.05, 3.63) is 205 Å². The van der Waals surface area contributed by atoms with E-state index in [0.717, 1.165) is 18.7 Å². The van der Waals surface area contributed by atoms with Crippen LogP contribution >= 0.6 is 0 Å². The van der Waals surface area contributed by atoms with E-state index in [1.54, 1.807) is 0 Å². The molecule has 2 nitrogen and oxygen atoms in total. The molecule has 0 bridgehead atoms. The zero-order valence-electron chi connectivity index (χ0n) is 31.8. The summed E-state index contributed by atoms with van der Waals surface area (Å²) in [7, 11) is 0. The average molecular weight is 711 g/mol. The van der Waals surface area contributed by atoms with Crippen molar-refractivity contribution in [2.45, 2.75) is 27.2 Å². The number of aryl methyl sites for hydroxylation is 1. The minimum atomic E-state index is 0.854. The van der Waals surface area contributed by atoms with E-state index in [-0.39, 0.29) is 0 Å². The maximum Gasteiger partial charge on any atom is 0.0541 e. The van der Waals surface area contributed by atoms with Crippen molar-refractivity contribution >= 4 is 27.5 Å². The Bertz CT molecular complexity index is 2650. The van der Waals surface area contributed by atoms with Gasteiger partial charge in [-0.05, 0) is 131 Å². The largest absolute Gasteiger partial charge is 0.381 e. The number of allylic oxidation sites excluding steroid dienone is 4. The molecule has 0 saturated carbocycles. The molecule has 0 fully saturated rings. The molecule has 2 heteroatoms. The zero-order chi connectivity index (χ0) is 37.6. The Balaban J connectivity index is 0.000000805. The van der Waals surface area contributed by atoms with Crippen molar-refractivity contribution in [1.82, 2.24) is 9.88 Å². The molecule has 0 saturated heterocycles. The molecule has 7 aromatic carbocycles. The SMILES string of the molecule is CC=CCC.Cc1ccc(-c2cccc(-c3cc(-c4ccccc4)cc(-c4cccc(-n5c6ccccc6c6ccccc65)c4)c3)c2)cc1C1=CC=CCN1. The van der Waals surface area contributed by atoms with Gasteiger partial charge in [0.05, 0.1) is 11.0 Å². The van der Waals surface area contributed by atoms with Gasteiger partial charge in [0.2, 0.25) is 0 Å². The van der Waals surface area contributed by atoms with Crippen LogP contribution in [0.1, 0.15) is 31.4 Å². The Morgan fingerprint density at radius 3 is 1.71 bits per heavy atom. The summed E-state index contributed by atoms with van der Waals surface area (Å²) in [6.07, 6.45) is 11.8. The van der Waals surface area contributed by atoms with Gasteiger partial charge in [-0.3, -0.25) is 0 Å². The molecule has 9 rings (SSSR count). The summed E-state index contributed by atoms with van der Waals surface area (Å²) in [6.45, 7) is 7.19. The molecule has 0 amide bonds. The highest BCUT2D eigenvalue weighted by Gasteiger charge is 2.14. The Kier molecular flexibility index (Phi) is 10.4. The molecule has 0 spiro atoms. The lowest BCUT2D eigenvalue weighted by Crippen LogP contribution is -2.15. The smallest absolute Gasteiger partial charge is 0.0541 e. The van der Waals surface area contributed by atoms with Gasteiger partial charge in [-0.2, -0.15) is 0 Å². The second-order valence-corrected chi connectivity index (χ2v) is 14.1. The second-order valence-electron chi connectivity index (χ2n) is 14.1. The summed E-state index contributed by atoms with van der Waals surface area (Å²) >= 11 is 0. The van der Waals surface area contributed by atoms with Crippen molar-refractivity contribution in [2.24, 2.45) is 0 Å². The maximum atomic E-state index is 3.54. The molecule has 1 N–H and O–H groups in total. The molecular formula is C53H46N2. The highest BCUT2D eigenvalue weighted by molar-refractivity contribution is 6.09. The number of hydrogen-bond donors (Lipinski definition) is 1. The fourth-order valence-electron chi connectivity index (χ4n) is 7.63. The Morgan fingerprint density at radius 2 is 1.09 bits per heavy atom. The number of fused-ring (bicyclic) bond motifs is 3. The molecule has 0 atom stereocenters. The highest BCUT2D eigenvalue weighted by Crippen LogP contribution is 2.37. The lowest BCUT2D eigenvalue weighted by molar-refractivity contribution is 0.993.